The molecule has 254 valence electrons. The van der Waals surface area contributed by atoms with Gasteiger partial charge in [-0.1, -0.05) is 34.8 Å². The molecule has 2 heterocycles. The first-order valence-corrected chi connectivity index (χ1v) is 16.3. The van der Waals surface area contributed by atoms with Gasteiger partial charge in [-0.15, -0.1) is 0 Å². The Bertz CT molecular complexity index is 1960. The molecule has 1 N–H and O–H groups in total. The van der Waals surface area contributed by atoms with E-state index in [4.69, 9.17) is 58.5 Å². The third-order valence-corrected chi connectivity index (χ3v) is 8.24. The predicted molar refractivity (Wildman–Crippen MR) is 183 cm³/mol. The van der Waals surface area contributed by atoms with Crippen LogP contribution in [0.4, 0.5) is 5.69 Å². The van der Waals surface area contributed by atoms with Gasteiger partial charge in [-0.2, -0.15) is 4.98 Å². The van der Waals surface area contributed by atoms with E-state index in [2.05, 4.69) is 4.98 Å². The molecule has 2 aliphatic rings. The maximum atomic E-state index is 12.7. The lowest BCUT2D eigenvalue weighted by atomic mass is 9.93. The number of oxazole rings is 1. The quantitative estimate of drug-likeness (QED) is 0.101. The van der Waals surface area contributed by atoms with E-state index in [9.17, 15) is 19.2 Å². The zero-order valence-corrected chi connectivity index (χ0v) is 28.5. The van der Waals surface area contributed by atoms with Crippen molar-refractivity contribution in [3.63, 3.8) is 0 Å². The van der Waals surface area contributed by atoms with Crippen molar-refractivity contribution < 1.29 is 42.9 Å². The average molecular weight is 728 g/mol. The molecule has 1 atom stereocenters. The third-order valence-electron chi connectivity index (χ3n) is 7.40. The number of carboxylic acids is 1. The number of esters is 1. The number of benzene rings is 3. The number of halogens is 3. The van der Waals surface area contributed by atoms with Gasteiger partial charge in [-0.25, -0.2) is 14.5 Å². The Morgan fingerprint density at radius 1 is 0.980 bits per heavy atom. The standard InChI is InChI=1S/C19H17Cl2NO4.C16H12ClNO5/c1-2-26-19(25)16(21)10-11-9-12(7-8-15(11)20)22-17(23)13-5-3-4-6-14(13)18(22)24;1-9(15(19)20)21-11-3-5-12(6-4-11)22-16-18-13-7-2-10(17)8-14(13)23-16/h7-10H,2-6H2,1H3;2-9H,1H3,(H,19,20)/b16-10-;. The largest absolute Gasteiger partial charge is 0.479 e. The van der Waals surface area contributed by atoms with Gasteiger partial charge >= 0.3 is 18.0 Å². The molecule has 6 rings (SSSR count). The summed E-state index contributed by atoms with van der Waals surface area (Å²) in [6.07, 6.45) is 3.62. The molecule has 3 aromatic carbocycles. The minimum atomic E-state index is -1.03. The number of amides is 2. The molecule has 4 aromatic rings. The van der Waals surface area contributed by atoms with E-state index in [1.807, 2.05) is 0 Å². The fourth-order valence-corrected chi connectivity index (χ4v) is 5.52. The number of rotatable bonds is 9. The van der Waals surface area contributed by atoms with Crippen LogP contribution in [0.3, 0.4) is 0 Å². The number of hydrogen-bond donors (Lipinski definition) is 1. The third kappa shape index (κ3) is 8.43. The van der Waals surface area contributed by atoms with Gasteiger partial charge in [0.15, 0.2) is 11.7 Å². The maximum absolute atomic E-state index is 12.7. The summed E-state index contributed by atoms with van der Waals surface area (Å²) < 4.78 is 21.0. The molecule has 1 unspecified atom stereocenters. The number of imide groups is 1. The summed E-state index contributed by atoms with van der Waals surface area (Å²) in [4.78, 5) is 53.1. The van der Waals surface area contributed by atoms with Crippen molar-refractivity contribution in [2.75, 3.05) is 11.5 Å². The van der Waals surface area contributed by atoms with E-state index in [0.29, 0.717) is 67.9 Å². The Labute approximate surface area is 295 Å². The minimum Gasteiger partial charge on any atom is -0.479 e. The van der Waals surface area contributed by atoms with Gasteiger partial charge in [-0.3, -0.25) is 9.59 Å². The molecule has 0 saturated carbocycles. The molecule has 49 heavy (non-hydrogen) atoms. The van der Waals surface area contributed by atoms with E-state index in [1.165, 1.54) is 17.9 Å². The number of hydrogen-bond acceptors (Lipinski definition) is 9. The Balaban J connectivity index is 0.000000192. The fourth-order valence-electron chi connectivity index (χ4n) is 5.01. The second-order valence-electron chi connectivity index (χ2n) is 10.8. The first kappa shape index (κ1) is 35.5. The van der Waals surface area contributed by atoms with Gasteiger partial charge in [0.2, 0.25) is 0 Å². The van der Waals surface area contributed by atoms with Gasteiger partial charge in [0.05, 0.1) is 12.3 Å². The highest BCUT2D eigenvalue weighted by atomic mass is 35.5. The molecule has 0 radical (unpaired) electrons. The van der Waals surface area contributed by atoms with Crippen molar-refractivity contribution in [3.8, 4) is 17.6 Å². The number of aromatic nitrogens is 1. The molecule has 0 saturated heterocycles. The van der Waals surface area contributed by atoms with Crippen LogP contribution in [0.2, 0.25) is 10.0 Å². The smallest absolute Gasteiger partial charge is 0.400 e. The number of carboxylic acid groups (broad SMARTS) is 1. The number of carbonyl (C=O) groups is 4. The molecule has 0 fully saturated rings. The van der Waals surface area contributed by atoms with E-state index < -0.39 is 18.0 Å². The maximum Gasteiger partial charge on any atom is 0.400 e. The Kier molecular flexibility index (Phi) is 11.3. The fraction of sp³-hybridized carbons (Fsp3) is 0.229. The Hall–Kier alpha value is -4.84. The van der Waals surface area contributed by atoms with Crippen LogP contribution in [0.5, 0.6) is 17.6 Å². The van der Waals surface area contributed by atoms with Crippen LogP contribution >= 0.6 is 34.8 Å². The average Bonchev–Trinajstić information content (AvgIpc) is 3.59. The van der Waals surface area contributed by atoms with Crippen molar-refractivity contribution in [2.24, 2.45) is 0 Å². The van der Waals surface area contributed by atoms with Gasteiger partial charge in [-0.05, 0) is 106 Å². The number of carbonyl (C=O) groups excluding carboxylic acids is 3. The monoisotopic (exact) mass is 726 g/mol. The van der Waals surface area contributed by atoms with Crippen LogP contribution in [0, 0.1) is 0 Å². The van der Waals surface area contributed by atoms with Crippen molar-refractivity contribution >= 4 is 81.4 Å². The van der Waals surface area contributed by atoms with Gasteiger partial charge in [0, 0.05) is 27.3 Å². The van der Waals surface area contributed by atoms with Crippen LogP contribution in [-0.2, 0) is 23.9 Å². The number of aliphatic carboxylic acids is 1. The topological polar surface area (TPSA) is 145 Å². The van der Waals surface area contributed by atoms with E-state index >= 15 is 0 Å². The van der Waals surface area contributed by atoms with Crippen LogP contribution in [0.25, 0.3) is 17.2 Å². The summed E-state index contributed by atoms with van der Waals surface area (Å²) >= 11 is 18.0. The highest BCUT2D eigenvalue weighted by molar-refractivity contribution is 6.43. The minimum absolute atomic E-state index is 0.0924. The number of fused-ring (bicyclic) bond motifs is 1. The summed E-state index contributed by atoms with van der Waals surface area (Å²) in [7, 11) is 0. The SMILES string of the molecule is CC(Oc1ccc(Oc2nc3ccc(Cl)cc3o2)cc1)C(=O)O.CCOC(=O)/C(Cl)=C/c1cc(N2C(=O)C3=C(CCCC3)C2=O)ccc1Cl. The van der Waals surface area contributed by atoms with Gasteiger partial charge in [0.1, 0.15) is 22.0 Å². The summed E-state index contributed by atoms with van der Waals surface area (Å²) in [5, 5.41) is 9.56. The second kappa shape index (κ2) is 15.6. The summed E-state index contributed by atoms with van der Waals surface area (Å²) in [6, 6.07) is 16.3. The molecule has 1 aliphatic heterocycles. The van der Waals surface area contributed by atoms with Gasteiger partial charge in [0.25, 0.3) is 11.8 Å². The van der Waals surface area contributed by atoms with Crippen LogP contribution < -0.4 is 14.4 Å². The summed E-state index contributed by atoms with van der Waals surface area (Å²) in [6.45, 7) is 3.33. The molecule has 0 spiro atoms. The number of anilines is 1. The lowest BCUT2D eigenvalue weighted by molar-refractivity contribution is -0.144. The molecule has 11 nitrogen and oxygen atoms in total. The molecular weight excluding hydrogens is 699 g/mol. The molecule has 1 aliphatic carbocycles. The van der Waals surface area contributed by atoms with Crippen molar-refractivity contribution in [2.45, 2.75) is 45.6 Å². The van der Waals surface area contributed by atoms with Crippen LogP contribution in [-0.4, -0.2) is 46.6 Å². The zero-order chi connectivity index (χ0) is 35.2. The molecule has 14 heteroatoms. The van der Waals surface area contributed by atoms with Gasteiger partial charge < -0.3 is 23.7 Å². The van der Waals surface area contributed by atoms with Crippen molar-refractivity contribution in [1.82, 2.24) is 4.98 Å². The Morgan fingerprint density at radius 2 is 1.63 bits per heavy atom. The normalized spacial score (nSPS) is 15.0. The zero-order valence-electron chi connectivity index (χ0n) is 26.2. The van der Waals surface area contributed by atoms with Crippen LogP contribution in [0.1, 0.15) is 45.1 Å². The number of nitrogens with zero attached hydrogens (tertiary/aromatic N) is 2. The van der Waals surface area contributed by atoms with E-state index in [1.54, 1.807) is 67.6 Å². The summed E-state index contributed by atoms with van der Waals surface area (Å²) in [5.74, 6) is -1.34. The number of ether oxygens (including phenoxy) is 3. The van der Waals surface area contributed by atoms with Crippen molar-refractivity contribution in [3.05, 3.63) is 92.5 Å². The highest BCUT2D eigenvalue weighted by Gasteiger charge is 2.39. The first-order chi connectivity index (χ1) is 23.4. The summed E-state index contributed by atoms with van der Waals surface area (Å²) in [5.41, 5.74) is 3.21. The molecule has 2 amide bonds. The Morgan fingerprint density at radius 3 is 2.27 bits per heavy atom. The highest BCUT2D eigenvalue weighted by Crippen LogP contribution is 2.37. The predicted octanol–water partition coefficient (Wildman–Crippen LogP) is 8.35. The molecular formula is C35H29Cl3N2O9. The molecule has 0 bridgehead atoms. The molecule has 1 aromatic heterocycles. The van der Waals surface area contributed by atoms with Crippen molar-refractivity contribution in [1.29, 1.82) is 0 Å². The lowest BCUT2D eigenvalue weighted by Crippen LogP contribution is -2.31. The lowest BCUT2D eigenvalue weighted by Gasteiger charge is -2.16. The van der Waals surface area contributed by atoms with E-state index in [-0.39, 0.29) is 29.5 Å². The van der Waals surface area contributed by atoms with Crippen LogP contribution in [0.15, 0.2) is 81.3 Å². The first-order valence-electron chi connectivity index (χ1n) is 15.1. The second-order valence-corrected chi connectivity index (χ2v) is 12.0. The van der Waals surface area contributed by atoms with E-state index in [0.717, 1.165) is 12.8 Å².